The Morgan fingerprint density at radius 3 is 2.28 bits per heavy atom. The van der Waals surface area contributed by atoms with Crippen LogP contribution >= 0.6 is 0 Å². The number of hydrogen-bond donors (Lipinski definition) is 1. The van der Waals surface area contributed by atoms with E-state index < -0.39 is 22.8 Å². The minimum absolute atomic E-state index is 0.0248. The number of amides is 4. The number of ether oxygens (including phenoxy) is 1. The van der Waals surface area contributed by atoms with Gasteiger partial charge in [-0.3, -0.25) is 25.0 Å². The Kier molecular flexibility index (Phi) is 6.93. The number of carbonyl (C=O) groups is 3. The summed E-state index contributed by atoms with van der Waals surface area (Å²) < 4.78 is 6.13. The van der Waals surface area contributed by atoms with Gasteiger partial charge in [0.25, 0.3) is 17.5 Å². The molecule has 4 saturated carbocycles. The normalized spacial score (nSPS) is 25.8. The summed E-state index contributed by atoms with van der Waals surface area (Å²) in [7, 11) is 0. The van der Waals surface area contributed by atoms with Gasteiger partial charge in [-0.2, -0.15) is 0 Å². The lowest BCUT2D eigenvalue weighted by atomic mass is 9.48. The minimum Gasteiger partial charge on any atom is -0.488 e. The van der Waals surface area contributed by atoms with Crippen LogP contribution in [0.1, 0.15) is 55.2 Å². The van der Waals surface area contributed by atoms with Gasteiger partial charge in [-0.25, -0.2) is 9.69 Å². The fourth-order valence-corrected chi connectivity index (χ4v) is 8.94. The highest BCUT2D eigenvalue weighted by molar-refractivity contribution is 6.39. The van der Waals surface area contributed by atoms with Crippen LogP contribution in [0.2, 0.25) is 0 Å². The first-order valence-corrected chi connectivity index (χ1v) is 16.2. The first kappa shape index (κ1) is 29.1. The molecule has 4 aromatic rings. The molecule has 5 aliphatic rings. The summed E-state index contributed by atoms with van der Waals surface area (Å²) in [5.41, 5.74) is 2.68. The SMILES string of the molecule is O=C1NC(=O)N(c2ccc(C34CC5CC(CC(C5)C3)C4)cc2)C(=O)/C1=C/c1c(OCc2cccc([N+](=O)[O-])c2)ccc2ccccc12. The topological polar surface area (TPSA) is 119 Å². The Labute approximate surface area is 271 Å². The van der Waals surface area contributed by atoms with Gasteiger partial charge in [0.05, 0.1) is 10.6 Å². The van der Waals surface area contributed by atoms with E-state index in [-0.39, 0.29) is 23.3 Å². The van der Waals surface area contributed by atoms with E-state index in [1.165, 1.54) is 62.3 Å². The van der Waals surface area contributed by atoms with Crippen molar-refractivity contribution < 1.29 is 24.0 Å². The molecule has 4 aromatic carbocycles. The molecule has 9 rings (SSSR count). The van der Waals surface area contributed by atoms with Gasteiger partial charge in [0.1, 0.15) is 17.9 Å². The number of hydrogen-bond acceptors (Lipinski definition) is 6. The number of benzene rings is 4. The zero-order valence-electron chi connectivity index (χ0n) is 25.7. The molecule has 1 N–H and O–H groups in total. The van der Waals surface area contributed by atoms with Crippen LogP contribution in [0, 0.1) is 27.9 Å². The van der Waals surface area contributed by atoms with E-state index in [0.29, 0.717) is 22.6 Å². The second-order valence-corrected chi connectivity index (χ2v) is 13.6. The van der Waals surface area contributed by atoms with Gasteiger partial charge in [-0.15, -0.1) is 0 Å². The molecule has 0 radical (unpaired) electrons. The molecule has 236 valence electrons. The first-order valence-electron chi connectivity index (χ1n) is 16.2. The van der Waals surface area contributed by atoms with Crippen LogP contribution in [0.4, 0.5) is 16.2 Å². The predicted molar refractivity (Wildman–Crippen MR) is 177 cm³/mol. The third-order valence-electron chi connectivity index (χ3n) is 10.6. The third kappa shape index (κ3) is 5.16. The summed E-state index contributed by atoms with van der Waals surface area (Å²) in [5.74, 6) is 1.25. The molecule has 4 amide bonds. The lowest BCUT2D eigenvalue weighted by Crippen LogP contribution is -2.54. The Bertz CT molecular complexity index is 1960. The van der Waals surface area contributed by atoms with Gasteiger partial charge < -0.3 is 4.74 Å². The maximum Gasteiger partial charge on any atom is 0.335 e. The highest BCUT2D eigenvalue weighted by atomic mass is 16.6. The van der Waals surface area contributed by atoms with Crippen LogP contribution in [0.3, 0.4) is 0 Å². The van der Waals surface area contributed by atoms with Crippen LogP contribution in [0.15, 0.2) is 90.5 Å². The molecule has 0 atom stereocenters. The molecule has 0 unspecified atom stereocenters. The number of carbonyl (C=O) groups excluding carboxylic acids is 3. The summed E-state index contributed by atoms with van der Waals surface area (Å²) in [5, 5.41) is 15.2. The molecule has 1 heterocycles. The quantitative estimate of drug-likeness (QED) is 0.0983. The Morgan fingerprint density at radius 2 is 1.57 bits per heavy atom. The van der Waals surface area contributed by atoms with Gasteiger partial charge >= 0.3 is 6.03 Å². The molecule has 4 bridgehead atoms. The van der Waals surface area contributed by atoms with E-state index in [1.54, 1.807) is 18.2 Å². The lowest BCUT2D eigenvalue weighted by Gasteiger charge is -2.57. The van der Waals surface area contributed by atoms with Crippen molar-refractivity contribution in [3.8, 4) is 5.75 Å². The number of rotatable bonds is 7. The Morgan fingerprint density at radius 1 is 0.872 bits per heavy atom. The van der Waals surface area contributed by atoms with Gasteiger partial charge in [0.2, 0.25) is 0 Å². The van der Waals surface area contributed by atoms with Crippen molar-refractivity contribution in [1.29, 1.82) is 0 Å². The van der Waals surface area contributed by atoms with Crippen molar-refractivity contribution >= 4 is 46.1 Å². The number of nitrogens with one attached hydrogen (secondary N) is 1. The fourth-order valence-electron chi connectivity index (χ4n) is 8.94. The molecular formula is C38H33N3O6. The summed E-state index contributed by atoms with van der Waals surface area (Å²) in [6.07, 6.45) is 9.13. The number of nitro benzene ring substituents is 1. The van der Waals surface area contributed by atoms with Gasteiger partial charge in [0.15, 0.2) is 0 Å². The van der Waals surface area contributed by atoms with Crippen LogP contribution in [0.25, 0.3) is 16.8 Å². The van der Waals surface area contributed by atoms with Crippen molar-refractivity contribution in [2.24, 2.45) is 17.8 Å². The molecule has 4 aliphatic carbocycles. The predicted octanol–water partition coefficient (Wildman–Crippen LogP) is 7.46. The van der Waals surface area contributed by atoms with Crippen molar-refractivity contribution in [2.75, 3.05) is 4.90 Å². The van der Waals surface area contributed by atoms with E-state index in [1.807, 2.05) is 42.5 Å². The van der Waals surface area contributed by atoms with Crippen molar-refractivity contribution in [2.45, 2.75) is 50.5 Å². The Balaban J connectivity index is 1.11. The van der Waals surface area contributed by atoms with Crippen molar-refractivity contribution in [3.05, 3.63) is 117 Å². The molecule has 5 fully saturated rings. The lowest BCUT2D eigenvalue weighted by molar-refractivity contribution is -0.384. The van der Waals surface area contributed by atoms with Crippen LogP contribution in [-0.4, -0.2) is 22.8 Å². The number of fused-ring (bicyclic) bond motifs is 1. The minimum atomic E-state index is -0.793. The van der Waals surface area contributed by atoms with E-state index >= 15 is 0 Å². The second kappa shape index (κ2) is 11.2. The molecule has 0 spiro atoms. The number of barbiturate groups is 1. The molecule has 47 heavy (non-hydrogen) atoms. The van der Waals surface area contributed by atoms with Crippen LogP contribution in [0.5, 0.6) is 5.75 Å². The number of anilines is 1. The van der Waals surface area contributed by atoms with Gasteiger partial charge in [-0.1, -0.05) is 54.6 Å². The zero-order chi connectivity index (χ0) is 32.3. The standard InChI is InChI=1S/C38H33N3O6/c42-35-33(18-32-31-7-2-1-5-27(31)8-13-34(32)47-22-23-4-3-6-30(17-23)41(45)46)36(43)40(37(44)39-35)29-11-9-28(10-12-29)38-19-24-14-25(20-38)16-26(15-24)21-38/h1-13,17-18,24-26H,14-16,19-22H2,(H,39,42,44)/b33-18+. The molecule has 1 saturated heterocycles. The van der Waals surface area contributed by atoms with Crippen LogP contribution in [-0.2, 0) is 21.6 Å². The second-order valence-electron chi connectivity index (χ2n) is 13.6. The van der Waals surface area contributed by atoms with Crippen LogP contribution < -0.4 is 15.0 Å². The summed E-state index contributed by atoms with van der Waals surface area (Å²) >= 11 is 0. The highest BCUT2D eigenvalue weighted by Gasteiger charge is 2.51. The highest BCUT2D eigenvalue weighted by Crippen LogP contribution is 2.60. The maximum atomic E-state index is 14.0. The summed E-state index contributed by atoms with van der Waals surface area (Å²) in [6.45, 7) is 0.0248. The number of non-ortho nitro benzene ring substituents is 1. The Hall–Kier alpha value is -5.31. The van der Waals surface area contributed by atoms with E-state index in [0.717, 1.165) is 33.4 Å². The third-order valence-corrected chi connectivity index (χ3v) is 10.6. The number of imide groups is 2. The largest absolute Gasteiger partial charge is 0.488 e. The molecular weight excluding hydrogens is 594 g/mol. The summed E-state index contributed by atoms with van der Waals surface area (Å²) in [4.78, 5) is 52.1. The maximum absolute atomic E-state index is 14.0. The molecule has 9 nitrogen and oxygen atoms in total. The molecule has 9 heteroatoms. The number of nitrogens with zero attached hydrogens (tertiary/aromatic N) is 2. The molecule has 0 aromatic heterocycles. The van der Waals surface area contributed by atoms with Crippen molar-refractivity contribution in [3.63, 3.8) is 0 Å². The van der Waals surface area contributed by atoms with E-state index in [4.69, 9.17) is 4.74 Å². The van der Waals surface area contributed by atoms with E-state index in [2.05, 4.69) is 17.4 Å². The molecule has 1 aliphatic heterocycles. The zero-order valence-corrected chi connectivity index (χ0v) is 25.7. The van der Waals surface area contributed by atoms with Gasteiger partial charge in [0, 0.05) is 17.7 Å². The van der Waals surface area contributed by atoms with Gasteiger partial charge in [-0.05, 0) is 108 Å². The average molecular weight is 628 g/mol. The number of urea groups is 1. The van der Waals surface area contributed by atoms with Crippen molar-refractivity contribution in [1.82, 2.24) is 5.32 Å². The average Bonchev–Trinajstić information content (AvgIpc) is 3.05. The number of nitro groups is 1. The monoisotopic (exact) mass is 627 g/mol. The summed E-state index contributed by atoms with van der Waals surface area (Å²) in [6, 6.07) is 24.2. The smallest absolute Gasteiger partial charge is 0.335 e. The first-order chi connectivity index (χ1) is 22.8. The fraction of sp³-hybridized carbons (Fsp3) is 0.289. The van der Waals surface area contributed by atoms with E-state index in [9.17, 15) is 24.5 Å².